The summed E-state index contributed by atoms with van der Waals surface area (Å²) in [7, 11) is 0. The molecule has 0 spiro atoms. The summed E-state index contributed by atoms with van der Waals surface area (Å²) in [4.78, 5) is 27.6. The van der Waals surface area contributed by atoms with E-state index in [-0.39, 0.29) is 23.7 Å². The van der Waals surface area contributed by atoms with E-state index in [4.69, 9.17) is 0 Å². The normalized spacial score (nSPS) is 31.1. The van der Waals surface area contributed by atoms with Gasteiger partial charge in [-0.05, 0) is 62.6 Å². The first-order valence-corrected chi connectivity index (χ1v) is 9.18. The van der Waals surface area contributed by atoms with Crippen molar-refractivity contribution < 1.29 is 9.59 Å². The molecule has 2 saturated carbocycles. The lowest BCUT2D eigenvalue weighted by molar-refractivity contribution is -0.123. The van der Waals surface area contributed by atoms with Gasteiger partial charge in [0.1, 0.15) is 0 Å². The van der Waals surface area contributed by atoms with E-state index in [2.05, 4.69) is 20.8 Å². The Morgan fingerprint density at radius 1 is 1.00 bits per heavy atom. The van der Waals surface area contributed by atoms with Crippen LogP contribution in [0.4, 0.5) is 5.69 Å². The molecule has 2 aliphatic carbocycles. The molecule has 0 radical (unpaired) electrons. The molecule has 2 amide bonds. The minimum atomic E-state index is -0.114. The largest absolute Gasteiger partial charge is 0.274 e. The van der Waals surface area contributed by atoms with Crippen molar-refractivity contribution in [2.45, 2.75) is 46.5 Å². The van der Waals surface area contributed by atoms with Crippen LogP contribution in [0.2, 0.25) is 0 Å². The molecule has 3 nitrogen and oxygen atoms in total. The minimum Gasteiger partial charge on any atom is -0.274 e. The Labute approximate surface area is 143 Å². The number of carbonyl (C=O) groups is 2. The number of allylic oxidation sites excluding steroid dienone is 2. The highest BCUT2D eigenvalue weighted by atomic mass is 16.2. The van der Waals surface area contributed by atoms with Crippen molar-refractivity contribution in [1.82, 2.24) is 0 Å². The molecule has 126 valence electrons. The lowest BCUT2D eigenvalue weighted by Crippen LogP contribution is -2.33. The van der Waals surface area contributed by atoms with Crippen molar-refractivity contribution in [2.24, 2.45) is 23.7 Å². The molecule has 3 fully saturated rings. The monoisotopic (exact) mass is 323 g/mol. The van der Waals surface area contributed by atoms with E-state index in [1.807, 2.05) is 24.3 Å². The highest BCUT2D eigenvalue weighted by Crippen LogP contribution is 2.60. The molecule has 0 aromatic heterocycles. The summed E-state index contributed by atoms with van der Waals surface area (Å²) in [6.45, 7) is 6.40. The Bertz CT molecular complexity index is 695. The smallest absolute Gasteiger partial charge is 0.238 e. The van der Waals surface area contributed by atoms with Crippen LogP contribution in [0.5, 0.6) is 0 Å². The Balaban J connectivity index is 1.67. The van der Waals surface area contributed by atoms with E-state index in [9.17, 15) is 9.59 Å². The van der Waals surface area contributed by atoms with Crippen LogP contribution in [0.15, 0.2) is 35.4 Å². The molecule has 1 saturated heterocycles. The molecule has 4 atom stereocenters. The molecule has 24 heavy (non-hydrogen) atoms. The van der Waals surface area contributed by atoms with Crippen LogP contribution in [0.3, 0.4) is 0 Å². The van der Waals surface area contributed by atoms with Crippen molar-refractivity contribution in [3.63, 3.8) is 0 Å². The summed E-state index contributed by atoms with van der Waals surface area (Å²) < 4.78 is 0. The fourth-order valence-electron chi connectivity index (χ4n) is 5.35. The zero-order chi connectivity index (χ0) is 17.0. The number of amides is 2. The molecule has 2 bridgehead atoms. The molecule has 3 aliphatic rings. The Morgan fingerprint density at radius 2 is 1.54 bits per heavy atom. The van der Waals surface area contributed by atoms with Crippen LogP contribution in [0.1, 0.15) is 45.6 Å². The number of hydrogen-bond acceptors (Lipinski definition) is 2. The van der Waals surface area contributed by atoms with Gasteiger partial charge in [-0.25, -0.2) is 0 Å². The number of benzene rings is 1. The molecule has 0 unspecified atom stereocenters. The molecular weight excluding hydrogens is 298 g/mol. The van der Waals surface area contributed by atoms with Gasteiger partial charge < -0.3 is 0 Å². The maximum atomic E-state index is 13.0. The second-order valence-electron chi connectivity index (χ2n) is 7.73. The first kappa shape index (κ1) is 15.6. The van der Waals surface area contributed by atoms with Crippen molar-refractivity contribution >= 4 is 17.5 Å². The second-order valence-corrected chi connectivity index (χ2v) is 7.73. The predicted octanol–water partition coefficient (Wildman–Crippen LogP) is 4.12. The van der Waals surface area contributed by atoms with E-state index >= 15 is 0 Å². The van der Waals surface area contributed by atoms with Gasteiger partial charge in [-0.15, -0.1) is 0 Å². The number of imide groups is 1. The number of nitrogens with zero attached hydrogens (tertiary/aromatic N) is 1. The molecule has 1 aromatic carbocycles. The van der Waals surface area contributed by atoms with Gasteiger partial charge in [0, 0.05) is 0 Å². The van der Waals surface area contributed by atoms with Crippen LogP contribution in [-0.2, 0) is 16.0 Å². The van der Waals surface area contributed by atoms with Crippen LogP contribution < -0.4 is 4.90 Å². The Morgan fingerprint density at radius 3 is 2.00 bits per heavy atom. The molecule has 1 aromatic rings. The highest BCUT2D eigenvalue weighted by molar-refractivity contribution is 6.23. The summed E-state index contributed by atoms with van der Waals surface area (Å²) in [5.41, 5.74) is 4.72. The van der Waals surface area contributed by atoms with E-state index < -0.39 is 0 Å². The number of hydrogen-bond donors (Lipinski definition) is 0. The topological polar surface area (TPSA) is 37.4 Å². The van der Waals surface area contributed by atoms with E-state index in [0.29, 0.717) is 11.8 Å². The van der Waals surface area contributed by atoms with Crippen LogP contribution in [-0.4, -0.2) is 11.8 Å². The lowest BCUT2D eigenvalue weighted by atomic mass is 9.81. The van der Waals surface area contributed by atoms with Gasteiger partial charge in [0.05, 0.1) is 17.5 Å². The average molecular weight is 323 g/mol. The van der Waals surface area contributed by atoms with E-state index in [0.717, 1.165) is 31.4 Å². The standard InChI is InChI=1S/C21H25NO2/c1-4-5-13-6-8-14(9-7-13)22-20(23)18-15-10-11-16(17(15)12(2)3)19(18)21(22)24/h6-9,15-16,18-19H,4-5,10-11H2,1-3H3/t15-,16+,18-,19+. The number of anilines is 1. The highest BCUT2D eigenvalue weighted by Gasteiger charge is 2.63. The predicted molar refractivity (Wildman–Crippen MR) is 94.5 cm³/mol. The summed E-state index contributed by atoms with van der Waals surface area (Å²) in [6, 6.07) is 7.96. The fraction of sp³-hybridized carbons (Fsp3) is 0.524. The van der Waals surface area contributed by atoms with Gasteiger partial charge in [0.15, 0.2) is 0 Å². The number of fused-ring (bicyclic) bond motifs is 5. The molecule has 1 heterocycles. The maximum absolute atomic E-state index is 13.0. The number of carbonyl (C=O) groups excluding carboxylic acids is 2. The van der Waals surface area contributed by atoms with Crippen molar-refractivity contribution in [3.8, 4) is 0 Å². The molecule has 4 rings (SSSR count). The van der Waals surface area contributed by atoms with Crippen LogP contribution in [0.25, 0.3) is 0 Å². The molecular formula is C21H25NO2. The molecule has 0 N–H and O–H groups in total. The third-order valence-electron chi connectivity index (χ3n) is 6.16. The quantitative estimate of drug-likeness (QED) is 0.620. The van der Waals surface area contributed by atoms with Gasteiger partial charge in [-0.2, -0.15) is 0 Å². The summed E-state index contributed by atoms with van der Waals surface area (Å²) in [5, 5.41) is 0. The average Bonchev–Trinajstić information content (AvgIpc) is 3.19. The van der Waals surface area contributed by atoms with Gasteiger partial charge >= 0.3 is 0 Å². The van der Waals surface area contributed by atoms with E-state index in [1.54, 1.807) is 0 Å². The van der Waals surface area contributed by atoms with Crippen molar-refractivity contribution in [3.05, 3.63) is 41.0 Å². The second kappa shape index (κ2) is 5.58. The lowest BCUT2D eigenvalue weighted by Gasteiger charge is -2.19. The molecule has 3 heteroatoms. The minimum absolute atomic E-state index is 0.0270. The zero-order valence-electron chi connectivity index (χ0n) is 14.7. The maximum Gasteiger partial charge on any atom is 0.238 e. The zero-order valence-corrected chi connectivity index (χ0v) is 14.7. The first-order chi connectivity index (χ1) is 11.5. The summed E-state index contributed by atoms with van der Waals surface area (Å²) >= 11 is 0. The van der Waals surface area contributed by atoms with Crippen molar-refractivity contribution in [2.75, 3.05) is 4.90 Å². The van der Waals surface area contributed by atoms with Gasteiger partial charge in [-0.1, -0.05) is 36.6 Å². The fourth-order valence-corrected chi connectivity index (χ4v) is 5.35. The third kappa shape index (κ3) is 2.03. The summed E-state index contributed by atoms with van der Waals surface area (Å²) in [6.07, 6.45) is 4.25. The summed E-state index contributed by atoms with van der Waals surface area (Å²) in [5.74, 6) is 0.419. The van der Waals surface area contributed by atoms with E-state index in [1.165, 1.54) is 21.6 Å². The molecule has 1 aliphatic heterocycles. The SMILES string of the molecule is CCCc1ccc(N2C(=O)[C@@H]3[C@H](C2=O)[C@@H]2CC[C@H]3C2=C(C)C)cc1. The number of rotatable bonds is 3. The van der Waals surface area contributed by atoms with Gasteiger partial charge in [0.2, 0.25) is 11.8 Å². The first-order valence-electron chi connectivity index (χ1n) is 9.18. The van der Waals surface area contributed by atoms with Crippen LogP contribution >= 0.6 is 0 Å². The van der Waals surface area contributed by atoms with Gasteiger partial charge in [-0.3, -0.25) is 14.5 Å². The van der Waals surface area contributed by atoms with Crippen molar-refractivity contribution in [1.29, 1.82) is 0 Å². The van der Waals surface area contributed by atoms with Gasteiger partial charge in [0.25, 0.3) is 0 Å². The number of aryl methyl sites for hydroxylation is 1. The Kier molecular flexibility index (Phi) is 3.63. The third-order valence-corrected chi connectivity index (χ3v) is 6.16. The Hall–Kier alpha value is -1.90. The van der Waals surface area contributed by atoms with Crippen LogP contribution in [0, 0.1) is 23.7 Å².